The molecule has 108 valence electrons. The number of nitrogens with zero attached hydrogens (tertiary/aromatic N) is 2. The molecule has 1 aliphatic rings. The molecule has 1 aromatic heterocycles. The zero-order chi connectivity index (χ0) is 13.2. The van der Waals surface area contributed by atoms with Crippen molar-refractivity contribution >= 4 is 12.4 Å². The minimum absolute atomic E-state index is 0. The molecule has 0 radical (unpaired) electrons. The fourth-order valence-corrected chi connectivity index (χ4v) is 2.15. The van der Waals surface area contributed by atoms with E-state index in [9.17, 15) is 4.39 Å². The zero-order valence-electron chi connectivity index (χ0n) is 11.0. The van der Waals surface area contributed by atoms with Crippen molar-refractivity contribution in [1.29, 1.82) is 0 Å². The van der Waals surface area contributed by atoms with Crippen LogP contribution in [0.4, 0.5) is 4.39 Å². The standard InChI is InChI=1S/C14H16FN3O.ClH/c15-11-5-3-10(4-6-11)12(8-16)14-17-13(18-19-14)7-9-1-2-9;/h3-6,9,12H,1-2,7-8,16H2;1H. The lowest BCUT2D eigenvalue weighted by Crippen LogP contribution is -2.14. The molecular formula is C14H17ClFN3O. The Kier molecular flexibility index (Phi) is 4.73. The van der Waals surface area contributed by atoms with Gasteiger partial charge in [-0.3, -0.25) is 0 Å². The Morgan fingerprint density at radius 1 is 1.30 bits per heavy atom. The Labute approximate surface area is 123 Å². The van der Waals surface area contributed by atoms with Crippen LogP contribution in [0.1, 0.15) is 36.0 Å². The topological polar surface area (TPSA) is 64.9 Å². The molecule has 0 amide bonds. The number of halogens is 2. The number of nitrogens with two attached hydrogens (primary N) is 1. The molecule has 1 heterocycles. The van der Waals surface area contributed by atoms with E-state index in [0.717, 1.165) is 17.8 Å². The number of hydrogen-bond donors (Lipinski definition) is 1. The predicted molar refractivity (Wildman–Crippen MR) is 75.3 cm³/mol. The highest BCUT2D eigenvalue weighted by molar-refractivity contribution is 5.85. The molecule has 0 spiro atoms. The van der Waals surface area contributed by atoms with Gasteiger partial charge in [0, 0.05) is 13.0 Å². The Morgan fingerprint density at radius 3 is 2.60 bits per heavy atom. The van der Waals surface area contributed by atoms with Gasteiger partial charge in [-0.05, 0) is 36.5 Å². The van der Waals surface area contributed by atoms with Crippen LogP contribution >= 0.6 is 12.4 Å². The van der Waals surface area contributed by atoms with Crippen molar-refractivity contribution in [3.05, 3.63) is 47.4 Å². The summed E-state index contributed by atoms with van der Waals surface area (Å²) in [7, 11) is 0. The van der Waals surface area contributed by atoms with Crippen molar-refractivity contribution in [1.82, 2.24) is 10.1 Å². The molecule has 1 atom stereocenters. The van der Waals surface area contributed by atoms with Gasteiger partial charge < -0.3 is 10.3 Å². The first-order valence-electron chi connectivity index (χ1n) is 6.54. The second-order valence-electron chi connectivity index (χ2n) is 5.04. The first-order valence-corrected chi connectivity index (χ1v) is 6.54. The second kappa shape index (κ2) is 6.33. The number of benzene rings is 1. The molecular weight excluding hydrogens is 281 g/mol. The van der Waals surface area contributed by atoms with E-state index < -0.39 is 0 Å². The summed E-state index contributed by atoms with van der Waals surface area (Å²) in [5.41, 5.74) is 6.67. The first-order chi connectivity index (χ1) is 9.26. The monoisotopic (exact) mass is 297 g/mol. The van der Waals surface area contributed by atoms with Gasteiger partial charge >= 0.3 is 0 Å². The molecule has 1 aromatic carbocycles. The minimum Gasteiger partial charge on any atom is -0.339 e. The molecule has 6 heteroatoms. The lowest BCUT2D eigenvalue weighted by atomic mass is 9.99. The third kappa shape index (κ3) is 3.35. The highest BCUT2D eigenvalue weighted by Crippen LogP contribution is 2.32. The fraction of sp³-hybridized carbons (Fsp3) is 0.429. The van der Waals surface area contributed by atoms with Gasteiger partial charge in [-0.2, -0.15) is 4.98 Å². The second-order valence-corrected chi connectivity index (χ2v) is 5.04. The normalized spacial score (nSPS) is 15.7. The molecule has 1 saturated carbocycles. The van der Waals surface area contributed by atoms with Gasteiger partial charge in [0.25, 0.3) is 0 Å². The van der Waals surface area contributed by atoms with Gasteiger partial charge in [0.05, 0.1) is 5.92 Å². The molecule has 2 N–H and O–H groups in total. The van der Waals surface area contributed by atoms with Crippen LogP contribution in [0.2, 0.25) is 0 Å². The van der Waals surface area contributed by atoms with Crippen LogP contribution in [0.15, 0.2) is 28.8 Å². The van der Waals surface area contributed by atoms with Crippen LogP contribution in [-0.4, -0.2) is 16.7 Å². The molecule has 0 bridgehead atoms. The van der Waals surface area contributed by atoms with Crippen LogP contribution in [-0.2, 0) is 6.42 Å². The van der Waals surface area contributed by atoms with Crippen LogP contribution in [0.25, 0.3) is 0 Å². The van der Waals surface area contributed by atoms with Gasteiger partial charge in [-0.25, -0.2) is 4.39 Å². The molecule has 3 rings (SSSR count). The highest BCUT2D eigenvalue weighted by atomic mass is 35.5. The maximum Gasteiger partial charge on any atom is 0.235 e. The summed E-state index contributed by atoms with van der Waals surface area (Å²) in [4.78, 5) is 4.41. The third-order valence-corrected chi connectivity index (χ3v) is 3.46. The van der Waals surface area contributed by atoms with E-state index in [-0.39, 0.29) is 24.1 Å². The Morgan fingerprint density at radius 2 is 2.00 bits per heavy atom. The van der Waals surface area contributed by atoms with Crippen LogP contribution < -0.4 is 5.73 Å². The van der Waals surface area contributed by atoms with Gasteiger partial charge in [0.2, 0.25) is 5.89 Å². The third-order valence-electron chi connectivity index (χ3n) is 3.46. The maximum atomic E-state index is 12.9. The van der Waals surface area contributed by atoms with Crippen molar-refractivity contribution < 1.29 is 8.91 Å². The quantitative estimate of drug-likeness (QED) is 0.921. The molecule has 4 nitrogen and oxygen atoms in total. The first kappa shape index (κ1) is 14.9. The van der Waals surface area contributed by atoms with Gasteiger partial charge in [-0.1, -0.05) is 17.3 Å². The van der Waals surface area contributed by atoms with Gasteiger partial charge in [0.15, 0.2) is 5.82 Å². The number of rotatable bonds is 5. The van der Waals surface area contributed by atoms with Gasteiger partial charge in [-0.15, -0.1) is 12.4 Å². The smallest absolute Gasteiger partial charge is 0.235 e. The largest absolute Gasteiger partial charge is 0.339 e. The summed E-state index contributed by atoms with van der Waals surface area (Å²) in [5, 5.41) is 3.99. The van der Waals surface area contributed by atoms with Crippen molar-refractivity contribution in [3.63, 3.8) is 0 Å². The molecule has 1 unspecified atom stereocenters. The lowest BCUT2D eigenvalue weighted by molar-refractivity contribution is 0.361. The van der Waals surface area contributed by atoms with E-state index in [0.29, 0.717) is 18.4 Å². The number of hydrogen-bond acceptors (Lipinski definition) is 4. The molecule has 20 heavy (non-hydrogen) atoms. The van der Waals surface area contributed by atoms with E-state index in [1.54, 1.807) is 12.1 Å². The van der Waals surface area contributed by atoms with Crippen LogP contribution in [0.3, 0.4) is 0 Å². The molecule has 1 fully saturated rings. The average molecular weight is 298 g/mol. The zero-order valence-corrected chi connectivity index (χ0v) is 11.8. The molecule has 0 saturated heterocycles. The molecule has 0 aliphatic heterocycles. The Hall–Kier alpha value is -1.46. The van der Waals surface area contributed by atoms with E-state index in [4.69, 9.17) is 10.3 Å². The summed E-state index contributed by atoms with van der Waals surface area (Å²) < 4.78 is 18.2. The van der Waals surface area contributed by atoms with Gasteiger partial charge in [0.1, 0.15) is 5.82 Å². The molecule has 2 aromatic rings. The fourth-order valence-electron chi connectivity index (χ4n) is 2.15. The molecule has 1 aliphatic carbocycles. The van der Waals surface area contributed by atoms with Crippen molar-refractivity contribution in [2.24, 2.45) is 11.7 Å². The minimum atomic E-state index is -0.264. The highest BCUT2D eigenvalue weighted by Gasteiger charge is 2.25. The number of aromatic nitrogens is 2. The maximum absolute atomic E-state index is 12.9. The van der Waals surface area contributed by atoms with Crippen molar-refractivity contribution in [2.45, 2.75) is 25.2 Å². The predicted octanol–water partition coefficient (Wildman–Crippen LogP) is 2.67. The Bertz CT molecular complexity index is 554. The SMILES string of the molecule is Cl.NCC(c1ccc(F)cc1)c1nc(CC2CC2)no1. The summed E-state index contributed by atoms with van der Waals surface area (Å²) in [6.45, 7) is 0.358. The van der Waals surface area contributed by atoms with Crippen molar-refractivity contribution in [3.8, 4) is 0 Å². The summed E-state index contributed by atoms with van der Waals surface area (Å²) >= 11 is 0. The van der Waals surface area contributed by atoms with E-state index >= 15 is 0 Å². The van der Waals surface area contributed by atoms with E-state index in [2.05, 4.69) is 10.1 Å². The Balaban J connectivity index is 0.00000147. The lowest BCUT2D eigenvalue weighted by Gasteiger charge is -2.09. The van der Waals surface area contributed by atoms with Crippen molar-refractivity contribution in [2.75, 3.05) is 6.54 Å². The van der Waals surface area contributed by atoms with E-state index in [1.807, 2.05) is 0 Å². The summed E-state index contributed by atoms with van der Waals surface area (Å²) in [6.07, 6.45) is 3.38. The summed E-state index contributed by atoms with van der Waals surface area (Å²) in [6, 6.07) is 6.24. The van der Waals surface area contributed by atoms with E-state index in [1.165, 1.54) is 25.0 Å². The van der Waals surface area contributed by atoms with Crippen LogP contribution in [0, 0.1) is 11.7 Å². The summed E-state index contributed by atoms with van der Waals surface area (Å²) in [5.74, 6) is 1.55. The van der Waals surface area contributed by atoms with Crippen LogP contribution in [0.5, 0.6) is 0 Å². The average Bonchev–Trinajstić information content (AvgIpc) is 3.11.